The first-order chi connectivity index (χ1) is 15.6. The zero-order valence-corrected chi connectivity index (χ0v) is 20.9. The molecule has 0 bridgehead atoms. The molecule has 3 rings (SSSR count). The average molecular weight is 485 g/mol. The second kappa shape index (κ2) is 10.5. The van der Waals surface area contributed by atoms with Gasteiger partial charge in [-0.25, -0.2) is 8.42 Å². The summed E-state index contributed by atoms with van der Waals surface area (Å²) >= 11 is 6.18. The van der Waals surface area contributed by atoms with Crippen molar-refractivity contribution in [2.75, 3.05) is 6.54 Å². The number of hydrogen-bond donors (Lipinski definition) is 1. The van der Waals surface area contributed by atoms with Crippen molar-refractivity contribution in [3.8, 4) is 0 Å². The van der Waals surface area contributed by atoms with Gasteiger partial charge in [-0.2, -0.15) is 4.31 Å². The molecule has 0 aliphatic rings. The summed E-state index contributed by atoms with van der Waals surface area (Å²) in [4.78, 5) is 13.1. The molecule has 174 valence electrons. The number of aryl methyl sites for hydroxylation is 4. The van der Waals surface area contributed by atoms with Gasteiger partial charge in [0.05, 0.1) is 11.4 Å². The van der Waals surface area contributed by atoms with Crippen molar-refractivity contribution in [3.05, 3.63) is 99.1 Å². The molecule has 0 aliphatic carbocycles. The molecule has 0 aliphatic heterocycles. The molecule has 0 heterocycles. The number of sulfonamides is 1. The molecule has 0 aromatic heterocycles. The minimum Gasteiger partial charge on any atom is -0.351 e. The van der Waals surface area contributed by atoms with Gasteiger partial charge in [0, 0.05) is 18.1 Å². The number of nitrogens with zero attached hydrogens (tertiary/aromatic N) is 1. The van der Waals surface area contributed by atoms with Crippen molar-refractivity contribution in [2.24, 2.45) is 0 Å². The van der Waals surface area contributed by atoms with Crippen molar-refractivity contribution in [3.63, 3.8) is 0 Å². The van der Waals surface area contributed by atoms with Gasteiger partial charge in [-0.05, 0) is 56.0 Å². The van der Waals surface area contributed by atoms with Crippen molar-refractivity contribution < 1.29 is 13.2 Å². The lowest BCUT2D eigenvalue weighted by atomic mass is 10.1. The number of amides is 1. The lowest BCUT2D eigenvalue weighted by molar-refractivity contribution is -0.121. The maximum atomic E-state index is 13.7. The van der Waals surface area contributed by atoms with E-state index >= 15 is 0 Å². The first kappa shape index (κ1) is 25.0. The number of halogens is 1. The van der Waals surface area contributed by atoms with E-state index < -0.39 is 15.9 Å². The summed E-state index contributed by atoms with van der Waals surface area (Å²) < 4.78 is 28.7. The molecular formula is C26H29ClN2O3S. The minimum absolute atomic E-state index is 0.0921. The van der Waals surface area contributed by atoms with Crippen molar-refractivity contribution >= 4 is 27.5 Å². The molecule has 33 heavy (non-hydrogen) atoms. The Morgan fingerprint density at radius 2 is 1.52 bits per heavy atom. The molecule has 0 radical (unpaired) electrons. The molecule has 1 N–H and O–H groups in total. The molecule has 0 fully saturated rings. The molecular weight excluding hydrogens is 456 g/mol. The van der Waals surface area contributed by atoms with Gasteiger partial charge in [0.25, 0.3) is 0 Å². The summed E-state index contributed by atoms with van der Waals surface area (Å²) in [7, 11) is -3.93. The SMILES string of the molecule is Cc1ccc(CN(CC(=O)NCc2ccccc2Cl)S(=O)(=O)c2c(C)cc(C)cc2C)cc1. The van der Waals surface area contributed by atoms with Crippen molar-refractivity contribution in [2.45, 2.75) is 45.7 Å². The Labute approximate surface area is 201 Å². The first-order valence-electron chi connectivity index (χ1n) is 10.7. The van der Waals surface area contributed by atoms with Crippen LogP contribution in [0.2, 0.25) is 5.02 Å². The number of benzene rings is 3. The van der Waals surface area contributed by atoms with Crippen LogP contribution in [0.5, 0.6) is 0 Å². The molecule has 0 saturated carbocycles. The van der Waals surface area contributed by atoms with Gasteiger partial charge in [-0.1, -0.05) is 77.3 Å². The van der Waals surface area contributed by atoms with Crippen LogP contribution in [-0.4, -0.2) is 25.2 Å². The second-order valence-corrected chi connectivity index (χ2v) is 10.6. The van der Waals surface area contributed by atoms with E-state index in [4.69, 9.17) is 11.6 Å². The van der Waals surface area contributed by atoms with Crippen LogP contribution in [0, 0.1) is 27.7 Å². The van der Waals surface area contributed by atoms with Gasteiger partial charge >= 0.3 is 0 Å². The third-order valence-corrected chi connectivity index (χ3v) is 7.90. The van der Waals surface area contributed by atoms with Crippen molar-refractivity contribution in [1.29, 1.82) is 0 Å². The zero-order chi connectivity index (χ0) is 24.2. The summed E-state index contributed by atoms with van der Waals surface area (Å²) in [6, 6.07) is 18.5. The highest BCUT2D eigenvalue weighted by atomic mass is 35.5. The van der Waals surface area contributed by atoms with Crippen LogP contribution in [0.3, 0.4) is 0 Å². The standard InChI is InChI=1S/C26H29ClN2O3S/c1-18-9-11-22(12-10-18)16-29(17-25(30)28-15-23-7-5-6-8-24(23)27)33(31,32)26-20(3)13-19(2)14-21(26)4/h5-14H,15-17H2,1-4H3,(H,28,30). The van der Waals surface area contributed by atoms with E-state index in [1.54, 1.807) is 19.9 Å². The Bertz CT molecular complexity index is 1230. The molecule has 5 nitrogen and oxygen atoms in total. The lowest BCUT2D eigenvalue weighted by Crippen LogP contribution is -2.40. The van der Waals surface area contributed by atoms with Gasteiger partial charge < -0.3 is 5.32 Å². The van der Waals surface area contributed by atoms with E-state index in [1.165, 1.54) is 4.31 Å². The van der Waals surface area contributed by atoms with Crippen LogP contribution >= 0.6 is 11.6 Å². The van der Waals surface area contributed by atoms with Gasteiger partial charge in [0.2, 0.25) is 15.9 Å². The summed E-state index contributed by atoms with van der Waals surface area (Å²) in [5, 5.41) is 3.35. The third kappa shape index (κ3) is 6.22. The van der Waals surface area contributed by atoms with Crippen LogP contribution in [0.25, 0.3) is 0 Å². The van der Waals surface area contributed by atoms with Crippen LogP contribution in [0.15, 0.2) is 65.6 Å². The second-order valence-electron chi connectivity index (χ2n) is 8.35. The van der Waals surface area contributed by atoms with Crippen LogP contribution in [0.1, 0.15) is 33.4 Å². The van der Waals surface area contributed by atoms with Crippen molar-refractivity contribution in [1.82, 2.24) is 9.62 Å². The topological polar surface area (TPSA) is 66.5 Å². The number of carbonyl (C=O) groups is 1. The zero-order valence-electron chi connectivity index (χ0n) is 19.4. The predicted molar refractivity (Wildman–Crippen MR) is 133 cm³/mol. The molecule has 3 aromatic rings. The van der Waals surface area contributed by atoms with E-state index in [0.717, 1.165) is 22.3 Å². The number of rotatable bonds is 8. The summed E-state index contributed by atoms with van der Waals surface area (Å²) in [5.41, 5.74) is 4.98. The van der Waals surface area contributed by atoms with E-state index in [9.17, 15) is 13.2 Å². The van der Waals surface area contributed by atoms with E-state index in [1.807, 2.05) is 68.4 Å². The number of nitrogens with one attached hydrogen (secondary N) is 1. The van der Waals surface area contributed by atoms with Crippen LogP contribution < -0.4 is 5.32 Å². The fraction of sp³-hybridized carbons (Fsp3) is 0.269. The highest BCUT2D eigenvalue weighted by Crippen LogP contribution is 2.26. The smallest absolute Gasteiger partial charge is 0.244 e. The van der Waals surface area contributed by atoms with Crippen LogP contribution in [0.4, 0.5) is 0 Å². The van der Waals surface area contributed by atoms with Gasteiger partial charge in [-0.3, -0.25) is 4.79 Å². The van der Waals surface area contributed by atoms with E-state index in [-0.39, 0.29) is 24.5 Å². The lowest BCUT2D eigenvalue weighted by Gasteiger charge is -2.24. The summed E-state index contributed by atoms with van der Waals surface area (Å²) in [5.74, 6) is -0.395. The monoisotopic (exact) mass is 484 g/mol. The molecule has 0 atom stereocenters. The summed E-state index contributed by atoms with van der Waals surface area (Å²) in [6.07, 6.45) is 0. The largest absolute Gasteiger partial charge is 0.351 e. The fourth-order valence-corrected chi connectivity index (χ4v) is 5.88. The Kier molecular flexibility index (Phi) is 7.95. The Morgan fingerprint density at radius 3 is 2.12 bits per heavy atom. The molecule has 3 aromatic carbocycles. The Morgan fingerprint density at radius 1 is 0.909 bits per heavy atom. The quantitative estimate of drug-likeness (QED) is 0.484. The maximum Gasteiger partial charge on any atom is 0.244 e. The minimum atomic E-state index is -3.93. The van der Waals surface area contributed by atoms with Gasteiger partial charge in [-0.15, -0.1) is 0 Å². The normalized spacial score (nSPS) is 11.6. The maximum absolute atomic E-state index is 13.7. The average Bonchev–Trinajstić information content (AvgIpc) is 2.73. The summed E-state index contributed by atoms with van der Waals surface area (Å²) in [6.45, 7) is 7.49. The highest BCUT2D eigenvalue weighted by molar-refractivity contribution is 7.89. The Balaban J connectivity index is 1.89. The molecule has 0 spiro atoms. The molecule has 0 unspecified atom stereocenters. The van der Waals surface area contributed by atoms with Gasteiger partial charge in [0.1, 0.15) is 0 Å². The fourth-order valence-electron chi connectivity index (χ4n) is 3.88. The molecule has 7 heteroatoms. The highest BCUT2D eigenvalue weighted by Gasteiger charge is 2.30. The molecule has 0 saturated heterocycles. The number of carbonyl (C=O) groups excluding carboxylic acids is 1. The molecule has 1 amide bonds. The van der Waals surface area contributed by atoms with Gasteiger partial charge in [0.15, 0.2) is 0 Å². The van der Waals surface area contributed by atoms with Crippen LogP contribution in [-0.2, 0) is 27.9 Å². The van der Waals surface area contributed by atoms with E-state index in [2.05, 4.69) is 5.32 Å². The number of hydrogen-bond acceptors (Lipinski definition) is 3. The first-order valence-corrected chi connectivity index (χ1v) is 12.5. The predicted octanol–water partition coefficient (Wildman–Crippen LogP) is 5.08. The van der Waals surface area contributed by atoms with E-state index in [0.29, 0.717) is 16.1 Å². The third-order valence-electron chi connectivity index (χ3n) is 5.44. The Hall–Kier alpha value is -2.67.